The van der Waals surface area contributed by atoms with Crippen molar-refractivity contribution in [3.8, 4) is 11.5 Å². The topological polar surface area (TPSA) is 68.2 Å². The Kier molecular flexibility index (Phi) is 6.76. The zero-order valence-corrected chi connectivity index (χ0v) is 17.1. The normalized spacial score (nSPS) is 22.2. The van der Waals surface area contributed by atoms with E-state index in [2.05, 4.69) is 20.2 Å². The smallest absolute Gasteiger partial charge is 0.194 e. The van der Waals surface area contributed by atoms with Crippen molar-refractivity contribution in [2.75, 3.05) is 33.4 Å². The predicted octanol–water partition coefficient (Wildman–Crippen LogP) is 2.97. The molecule has 2 unspecified atom stereocenters. The molecular formula is C22H27FN4O3. The van der Waals surface area contributed by atoms with Crippen molar-refractivity contribution < 1.29 is 18.6 Å². The largest absolute Gasteiger partial charge is 0.453 e. The van der Waals surface area contributed by atoms with Crippen molar-refractivity contribution in [3.05, 3.63) is 54.1 Å². The molecule has 0 saturated carbocycles. The number of benzene rings is 1. The average Bonchev–Trinajstić information content (AvgIpc) is 3.32. The summed E-state index contributed by atoms with van der Waals surface area (Å²) in [5.74, 6) is 1.02. The van der Waals surface area contributed by atoms with Crippen molar-refractivity contribution in [1.29, 1.82) is 0 Å². The first kappa shape index (κ1) is 20.6. The Morgan fingerprint density at radius 1 is 1.30 bits per heavy atom. The number of pyridine rings is 1. The molecule has 0 bridgehead atoms. The van der Waals surface area contributed by atoms with E-state index in [0.29, 0.717) is 18.9 Å². The summed E-state index contributed by atoms with van der Waals surface area (Å²) >= 11 is 0. The molecule has 2 aromatic rings. The van der Waals surface area contributed by atoms with Crippen LogP contribution in [0.2, 0.25) is 0 Å². The van der Waals surface area contributed by atoms with Crippen molar-refractivity contribution >= 4 is 5.96 Å². The molecule has 0 aliphatic carbocycles. The van der Waals surface area contributed by atoms with Crippen molar-refractivity contribution in [2.24, 2.45) is 4.99 Å². The highest BCUT2D eigenvalue weighted by Crippen LogP contribution is 2.25. The summed E-state index contributed by atoms with van der Waals surface area (Å²) < 4.78 is 31.7. The van der Waals surface area contributed by atoms with Crippen LogP contribution in [0.4, 0.5) is 4.39 Å². The predicted molar refractivity (Wildman–Crippen MR) is 111 cm³/mol. The Bertz CT molecular complexity index is 859. The molecule has 2 aliphatic rings. The second kappa shape index (κ2) is 9.86. The summed E-state index contributed by atoms with van der Waals surface area (Å²) in [6.07, 6.45) is 5.53. The lowest BCUT2D eigenvalue weighted by Crippen LogP contribution is -2.53. The van der Waals surface area contributed by atoms with Gasteiger partial charge in [0.2, 0.25) is 0 Å². The molecular weight excluding hydrogens is 387 g/mol. The number of nitrogens with zero attached hydrogens (tertiary/aromatic N) is 3. The molecule has 0 radical (unpaired) electrons. The number of aromatic nitrogens is 1. The van der Waals surface area contributed by atoms with Gasteiger partial charge in [-0.3, -0.25) is 9.98 Å². The van der Waals surface area contributed by atoms with E-state index in [9.17, 15) is 4.39 Å². The number of hydrogen-bond acceptors (Lipinski definition) is 5. The number of hydrogen-bond donors (Lipinski definition) is 1. The van der Waals surface area contributed by atoms with Gasteiger partial charge in [-0.25, -0.2) is 4.39 Å². The van der Waals surface area contributed by atoms with Gasteiger partial charge in [0, 0.05) is 39.5 Å². The Labute approximate surface area is 175 Å². The van der Waals surface area contributed by atoms with Crippen molar-refractivity contribution in [2.45, 2.75) is 31.6 Å². The summed E-state index contributed by atoms with van der Waals surface area (Å²) in [5, 5.41) is 3.33. The Morgan fingerprint density at radius 2 is 2.20 bits per heavy atom. The maximum absolute atomic E-state index is 14.5. The highest BCUT2D eigenvalue weighted by molar-refractivity contribution is 5.80. The van der Waals surface area contributed by atoms with Crippen molar-refractivity contribution in [3.63, 3.8) is 0 Å². The minimum absolute atomic E-state index is 0.0566. The first-order valence-electron chi connectivity index (χ1n) is 10.3. The van der Waals surface area contributed by atoms with Gasteiger partial charge < -0.3 is 24.4 Å². The number of ether oxygens (including phenoxy) is 3. The fraction of sp³-hybridized carbons (Fsp3) is 0.455. The van der Waals surface area contributed by atoms with Gasteiger partial charge in [0.25, 0.3) is 0 Å². The molecule has 2 atom stereocenters. The zero-order valence-electron chi connectivity index (χ0n) is 17.1. The molecule has 1 aromatic heterocycles. The zero-order chi connectivity index (χ0) is 20.8. The molecule has 0 amide bonds. The quantitative estimate of drug-likeness (QED) is 0.599. The second-order valence-corrected chi connectivity index (χ2v) is 7.36. The van der Waals surface area contributed by atoms with E-state index in [1.54, 1.807) is 37.6 Å². The first-order valence-corrected chi connectivity index (χ1v) is 10.3. The molecule has 1 N–H and O–H groups in total. The lowest BCUT2D eigenvalue weighted by atomic mass is 10.1. The number of halogens is 1. The fourth-order valence-electron chi connectivity index (χ4n) is 3.77. The van der Waals surface area contributed by atoms with Crippen LogP contribution in [0.25, 0.3) is 0 Å². The van der Waals surface area contributed by atoms with E-state index in [4.69, 9.17) is 14.2 Å². The van der Waals surface area contributed by atoms with Crippen LogP contribution in [-0.4, -0.2) is 61.4 Å². The SMILES string of the molecule is CN=C(NCc1ccc(Oc2cccnc2)c(F)c1)N1CCOC(C2CCCO2)C1. The fourth-order valence-corrected chi connectivity index (χ4v) is 3.77. The lowest BCUT2D eigenvalue weighted by molar-refractivity contribution is -0.0817. The highest BCUT2D eigenvalue weighted by atomic mass is 19.1. The molecule has 7 nitrogen and oxygen atoms in total. The molecule has 4 rings (SSSR count). The summed E-state index contributed by atoms with van der Waals surface area (Å²) in [6.45, 7) is 3.40. The van der Waals surface area contributed by atoms with Crippen LogP contribution in [0.3, 0.4) is 0 Å². The second-order valence-electron chi connectivity index (χ2n) is 7.36. The monoisotopic (exact) mass is 414 g/mol. The summed E-state index contributed by atoms with van der Waals surface area (Å²) in [7, 11) is 1.75. The van der Waals surface area contributed by atoms with Crippen LogP contribution in [0.5, 0.6) is 11.5 Å². The maximum atomic E-state index is 14.5. The molecule has 30 heavy (non-hydrogen) atoms. The van der Waals surface area contributed by atoms with Crippen LogP contribution in [0.15, 0.2) is 47.7 Å². The third-order valence-electron chi connectivity index (χ3n) is 5.29. The van der Waals surface area contributed by atoms with E-state index in [0.717, 1.165) is 44.1 Å². The molecule has 160 valence electrons. The van der Waals surface area contributed by atoms with Crippen LogP contribution in [0, 0.1) is 5.82 Å². The highest BCUT2D eigenvalue weighted by Gasteiger charge is 2.32. The number of nitrogens with one attached hydrogen (secondary N) is 1. The van der Waals surface area contributed by atoms with Crippen molar-refractivity contribution in [1.82, 2.24) is 15.2 Å². The van der Waals surface area contributed by atoms with E-state index < -0.39 is 5.82 Å². The van der Waals surface area contributed by atoms with Gasteiger partial charge in [0.1, 0.15) is 11.9 Å². The molecule has 8 heteroatoms. The standard InChI is InChI=1S/C22H27FN4O3/c1-24-22(27-9-11-29-21(15-27)20-5-3-10-28-20)26-13-16-6-7-19(18(23)12-16)30-17-4-2-8-25-14-17/h2,4,6-8,12,14,20-21H,3,5,9-11,13,15H2,1H3,(H,24,26). The third kappa shape index (κ3) is 5.06. The third-order valence-corrected chi connectivity index (χ3v) is 5.29. The van der Waals surface area contributed by atoms with Crippen LogP contribution in [-0.2, 0) is 16.0 Å². The maximum Gasteiger partial charge on any atom is 0.194 e. The summed E-state index contributed by atoms with van der Waals surface area (Å²) in [5.41, 5.74) is 0.802. The van der Waals surface area contributed by atoms with E-state index in [1.165, 1.54) is 6.07 Å². The van der Waals surface area contributed by atoms with Crippen LogP contribution in [0.1, 0.15) is 18.4 Å². The molecule has 2 aliphatic heterocycles. The first-order chi connectivity index (χ1) is 14.7. The van der Waals surface area contributed by atoms with Gasteiger partial charge in [-0.2, -0.15) is 0 Å². The van der Waals surface area contributed by atoms with Gasteiger partial charge >= 0.3 is 0 Å². The number of aliphatic imine (C=N–C) groups is 1. The van der Waals surface area contributed by atoms with Crippen LogP contribution >= 0.6 is 0 Å². The summed E-state index contributed by atoms with van der Waals surface area (Å²) in [4.78, 5) is 10.5. The Balaban J connectivity index is 1.34. The van der Waals surface area contributed by atoms with Gasteiger partial charge in [0.05, 0.1) is 18.9 Å². The van der Waals surface area contributed by atoms with Gasteiger partial charge in [0.15, 0.2) is 17.5 Å². The Morgan fingerprint density at radius 3 is 2.93 bits per heavy atom. The Hall–Kier alpha value is -2.71. The van der Waals surface area contributed by atoms with E-state index in [-0.39, 0.29) is 18.0 Å². The number of morpholine rings is 1. The number of guanidine groups is 1. The van der Waals surface area contributed by atoms with Crippen LogP contribution < -0.4 is 10.1 Å². The van der Waals surface area contributed by atoms with Gasteiger partial charge in [-0.05, 0) is 42.7 Å². The molecule has 2 saturated heterocycles. The minimum Gasteiger partial charge on any atom is -0.453 e. The average molecular weight is 414 g/mol. The molecule has 3 heterocycles. The number of rotatable bonds is 5. The van der Waals surface area contributed by atoms with Gasteiger partial charge in [-0.15, -0.1) is 0 Å². The lowest BCUT2D eigenvalue weighted by Gasteiger charge is -2.37. The van der Waals surface area contributed by atoms with Gasteiger partial charge in [-0.1, -0.05) is 6.07 Å². The minimum atomic E-state index is -0.419. The van der Waals surface area contributed by atoms with E-state index >= 15 is 0 Å². The van der Waals surface area contributed by atoms with E-state index in [1.807, 2.05) is 6.07 Å². The molecule has 2 fully saturated rings. The summed E-state index contributed by atoms with van der Waals surface area (Å²) in [6, 6.07) is 8.42. The molecule has 0 spiro atoms. The molecule has 1 aromatic carbocycles.